The van der Waals surface area contributed by atoms with E-state index in [-0.39, 0.29) is 11.4 Å². The highest BCUT2D eigenvalue weighted by Gasteiger charge is 2.19. The van der Waals surface area contributed by atoms with Gasteiger partial charge in [-0.1, -0.05) is 28.1 Å². The van der Waals surface area contributed by atoms with Crippen molar-refractivity contribution in [2.24, 2.45) is 0 Å². The number of hydrogen-bond acceptors (Lipinski definition) is 4. The van der Waals surface area contributed by atoms with Gasteiger partial charge in [0.1, 0.15) is 5.75 Å². The summed E-state index contributed by atoms with van der Waals surface area (Å²) in [5.74, 6) is 0.848. The van der Waals surface area contributed by atoms with Crippen molar-refractivity contribution >= 4 is 21.6 Å². The fourth-order valence-corrected chi connectivity index (χ4v) is 2.45. The van der Waals surface area contributed by atoms with Crippen LogP contribution in [0.1, 0.15) is 11.1 Å². The Balaban J connectivity index is 2.43. The fraction of sp³-hybridized carbons (Fsp3) is 0.200. The topological polar surface area (TPSA) is 64.4 Å². The van der Waals surface area contributed by atoms with Crippen LogP contribution in [-0.4, -0.2) is 12.0 Å². The van der Waals surface area contributed by atoms with Crippen molar-refractivity contribution in [3.8, 4) is 11.5 Å². The molecule has 6 heteroatoms. The average Bonchev–Trinajstić information content (AvgIpc) is 2.42. The van der Waals surface area contributed by atoms with E-state index in [0.717, 1.165) is 10.0 Å². The zero-order valence-corrected chi connectivity index (χ0v) is 13.3. The number of aryl methyl sites for hydroxylation is 1. The van der Waals surface area contributed by atoms with Gasteiger partial charge in [-0.3, -0.25) is 10.1 Å². The van der Waals surface area contributed by atoms with E-state index in [1.807, 2.05) is 19.2 Å². The molecule has 2 rings (SSSR count). The normalized spacial score (nSPS) is 10.4. The fourth-order valence-electron chi connectivity index (χ4n) is 2.04. The van der Waals surface area contributed by atoms with Crippen LogP contribution < -0.4 is 10.1 Å². The van der Waals surface area contributed by atoms with Gasteiger partial charge in [0, 0.05) is 22.1 Å². The Labute approximate surface area is 131 Å². The second kappa shape index (κ2) is 6.69. The van der Waals surface area contributed by atoms with Crippen molar-refractivity contribution in [1.29, 1.82) is 0 Å². The van der Waals surface area contributed by atoms with Crippen molar-refractivity contribution < 1.29 is 9.66 Å². The number of nitro benzene ring substituents is 1. The molecule has 0 amide bonds. The van der Waals surface area contributed by atoms with Crippen molar-refractivity contribution in [3.05, 3.63) is 62.1 Å². The molecule has 21 heavy (non-hydrogen) atoms. The SMILES string of the molecule is CNCc1cc(Br)ccc1Oc1cccc(C)c1[N+](=O)[O-]. The molecule has 0 fully saturated rings. The molecule has 0 saturated carbocycles. The summed E-state index contributed by atoms with van der Waals surface area (Å²) in [6, 6.07) is 10.6. The van der Waals surface area contributed by atoms with Crippen LogP contribution in [-0.2, 0) is 6.54 Å². The molecular weight excluding hydrogens is 336 g/mol. The zero-order chi connectivity index (χ0) is 15.4. The van der Waals surface area contributed by atoms with Gasteiger partial charge in [-0.25, -0.2) is 0 Å². The summed E-state index contributed by atoms with van der Waals surface area (Å²) >= 11 is 3.41. The number of rotatable bonds is 5. The summed E-state index contributed by atoms with van der Waals surface area (Å²) < 4.78 is 6.72. The van der Waals surface area contributed by atoms with E-state index >= 15 is 0 Å². The molecule has 0 radical (unpaired) electrons. The second-order valence-electron chi connectivity index (χ2n) is 4.56. The molecule has 110 valence electrons. The van der Waals surface area contributed by atoms with Crippen molar-refractivity contribution in [2.75, 3.05) is 7.05 Å². The van der Waals surface area contributed by atoms with Gasteiger partial charge < -0.3 is 10.1 Å². The maximum Gasteiger partial charge on any atom is 0.314 e. The number of hydrogen-bond donors (Lipinski definition) is 1. The van der Waals surface area contributed by atoms with Gasteiger partial charge >= 0.3 is 5.69 Å². The summed E-state index contributed by atoms with van der Waals surface area (Å²) in [6.45, 7) is 2.30. The third-order valence-electron chi connectivity index (χ3n) is 2.99. The van der Waals surface area contributed by atoms with E-state index in [0.29, 0.717) is 17.9 Å². The first-order valence-corrected chi connectivity index (χ1v) is 7.17. The molecule has 0 aliphatic carbocycles. The van der Waals surface area contributed by atoms with Crippen LogP contribution in [0.5, 0.6) is 11.5 Å². The number of para-hydroxylation sites is 1. The smallest absolute Gasteiger partial charge is 0.314 e. The molecule has 2 aromatic rings. The molecule has 2 aromatic carbocycles. The number of halogens is 1. The van der Waals surface area contributed by atoms with Crippen molar-refractivity contribution in [3.63, 3.8) is 0 Å². The van der Waals surface area contributed by atoms with E-state index in [1.165, 1.54) is 0 Å². The Morgan fingerprint density at radius 2 is 2.05 bits per heavy atom. The predicted octanol–water partition coefficient (Wildman–Crippen LogP) is 4.18. The molecule has 0 aromatic heterocycles. The molecule has 0 saturated heterocycles. The van der Waals surface area contributed by atoms with Crippen LogP contribution in [0.25, 0.3) is 0 Å². The summed E-state index contributed by atoms with van der Waals surface area (Å²) in [7, 11) is 1.83. The van der Waals surface area contributed by atoms with E-state index in [2.05, 4.69) is 21.2 Å². The highest BCUT2D eigenvalue weighted by molar-refractivity contribution is 9.10. The van der Waals surface area contributed by atoms with Gasteiger partial charge in [-0.05, 0) is 38.2 Å². The summed E-state index contributed by atoms with van der Waals surface area (Å²) in [5.41, 5.74) is 1.49. The minimum atomic E-state index is -0.415. The standard InChI is InChI=1S/C15H15BrN2O3/c1-10-4-3-5-14(15(10)18(19)20)21-13-7-6-12(16)8-11(13)9-17-2/h3-8,17H,9H2,1-2H3. The van der Waals surface area contributed by atoms with Gasteiger partial charge in [0.25, 0.3) is 0 Å². The minimum absolute atomic E-state index is 0.00386. The summed E-state index contributed by atoms with van der Waals surface area (Å²) in [5, 5.41) is 14.3. The Bertz CT molecular complexity index is 674. The summed E-state index contributed by atoms with van der Waals surface area (Å²) in [6.07, 6.45) is 0. The van der Waals surface area contributed by atoms with Gasteiger partial charge in [0.15, 0.2) is 0 Å². The second-order valence-corrected chi connectivity index (χ2v) is 5.48. The molecule has 0 aliphatic heterocycles. The van der Waals surface area contributed by atoms with E-state index in [4.69, 9.17) is 4.74 Å². The molecule has 0 spiro atoms. The third kappa shape index (κ3) is 3.59. The largest absolute Gasteiger partial charge is 0.450 e. The molecule has 5 nitrogen and oxygen atoms in total. The molecule has 0 atom stereocenters. The maximum absolute atomic E-state index is 11.2. The minimum Gasteiger partial charge on any atom is -0.450 e. The average molecular weight is 351 g/mol. The Morgan fingerprint density at radius 1 is 1.29 bits per heavy atom. The number of nitrogens with one attached hydrogen (secondary N) is 1. The molecule has 0 heterocycles. The van der Waals surface area contributed by atoms with E-state index < -0.39 is 4.92 Å². The highest BCUT2D eigenvalue weighted by Crippen LogP contribution is 2.35. The Morgan fingerprint density at radius 3 is 2.71 bits per heavy atom. The first-order chi connectivity index (χ1) is 10.0. The predicted molar refractivity (Wildman–Crippen MR) is 84.8 cm³/mol. The molecule has 0 aliphatic rings. The van der Waals surface area contributed by atoms with Crippen molar-refractivity contribution in [2.45, 2.75) is 13.5 Å². The number of nitrogens with zero attached hydrogens (tertiary/aromatic N) is 1. The molecule has 0 unspecified atom stereocenters. The van der Waals surface area contributed by atoms with Crippen LogP contribution >= 0.6 is 15.9 Å². The monoisotopic (exact) mass is 350 g/mol. The van der Waals surface area contributed by atoms with Crippen LogP contribution in [0.3, 0.4) is 0 Å². The lowest BCUT2D eigenvalue weighted by Gasteiger charge is -2.12. The van der Waals surface area contributed by atoms with Crippen molar-refractivity contribution in [1.82, 2.24) is 5.32 Å². The van der Waals surface area contributed by atoms with Crippen LogP contribution in [0, 0.1) is 17.0 Å². The third-order valence-corrected chi connectivity index (χ3v) is 3.49. The lowest BCUT2D eigenvalue weighted by Crippen LogP contribution is -2.06. The van der Waals surface area contributed by atoms with Gasteiger partial charge in [0.05, 0.1) is 4.92 Å². The number of ether oxygens (including phenoxy) is 1. The zero-order valence-electron chi connectivity index (χ0n) is 11.7. The molecule has 1 N–H and O–H groups in total. The van der Waals surface area contributed by atoms with E-state index in [1.54, 1.807) is 31.2 Å². The van der Waals surface area contributed by atoms with Gasteiger partial charge in [0.2, 0.25) is 5.75 Å². The van der Waals surface area contributed by atoms with E-state index in [9.17, 15) is 10.1 Å². The maximum atomic E-state index is 11.2. The number of benzene rings is 2. The summed E-state index contributed by atoms with van der Waals surface area (Å²) in [4.78, 5) is 10.8. The molecule has 0 bridgehead atoms. The lowest BCUT2D eigenvalue weighted by atomic mass is 10.1. The van der Waals surface area contributed by atoms with Crippen LogP contribution in [0.2, 0.25) is 0 Å². The number of nitro groups is 1. The van der Waals surface area contributed by atoms with Gasteiger partial charge in [-0.2, -0.15) is 0 Å². The Kier molecular flexibility index (Phi) is 4.93. The molecular formula is C15H15BrN2O3. The quantitative estimate of drug-likeness (QED) is 0.648. The Hall–Kier alpha value is -1.92. The van der Waals surface area contributed by atoms with Gasteiger partial charge in [-0.15, -0.1) is 0 Å². The van der Waals surface area contributed by atoms with Crippen LogP contribution in [0.4, 0.5) is 5.69 Å². The first kappa shape index (κ1) is 15.5. The highest BCUT2D eigenvalue weighted by atomic mass is 79.9. The first-order valence-electron chi connectivity index (χ1n) is 6.38. The van der Waals surface area contributed by atoms with Crippen LogP contribution in [0.15, 0.2) is 40.9 Å². The lowest BCUT2D eigenvalue weighted by molar-refractivity contribution is -0.386.